The van der Waals surface area contributed by atoms with E-state index in [0.717, 1.165) is 49.0 Å². The summed E-state index contributed by atoms with van der Waals surface area (Å²) >= 11 is 0. The molecular weight excluding hydrogens is 288 g/mol. The lowest BCUT2D eigenvalue weighted by Crippen LogP contribution is -2.47. The number of hydrogen-bond acceptors (Lipinski definition) is 5. The van der Waals surface area contributed by atoms with E-state index in [1.807, 2.05) is 42.9 Å². The van der Waals surface area contributed by atoms with Crippen molar-refractivity contribution in [1.82, 2.24) is 19.6 Å². The van der Waals surface area contributed by atoms with Crippen molar-refractivity contribution in [1.29, 1.82) is 0 Å². The molecule has 4 rings (SSSR count). The molecular formula is C17H20N6. The smallest absolute Gasteiger partial charge is 0.157 e. The molecule has 118 valence electrons. The van der Waals surface area contributed by atoms with Gasteiger partial charge >= 0.3 is 0 Å². The summed E-state index contributed by atoms with van der Waals surface area (Å²) in [4.78, 5) is 13.6. The van der Waals surface area contributed by atoms with Gasteiger partial charge in [0.1, 0.15) is 5.82 Å². The highest BCUT2D eigenvalue weighted by Crippen LogP contribution is 2.21. The van der Waals surface area contributed by atoms with Crippen LogP contribution in [-0.4, -0.2) is 45.8 Å². The first-order valence-electron chi connectivity index (χ1n) is 7.95. The first kappa shape index (κ1) is 14.0. The molecule has 0 bridgehead atoms. The largest absolute Gasteiger partial charge is 0.367 e. The third kappa shape index (κ3) is 2.60. The molecule has 0 aromatic carbocycles. The molecule has 0 N–H and O–H groups in total. The molecule has 0 saturated carbocycles. The second-order valence-electron chi connectivity index (χ2n) is 6.00. The topological polar surface area (TPSA) is 49.6 Å². The third-order valence-electron chi connectivity index (χ3n) is 4.27. The molecule has 0 spiro atoms. The van der Waals surface area contributed by atoms with Crippen LogP contribution >= 0.6 is 0 Å². The Balaban J connectivity index is 1.59. The van der Waals surface area contributed by atoms with Crippen molar-refractivity contribution in [3.8, 4) is 0 Å². The predicted octanol–water partition coefficient (Wildman–Crippen LogP) is 2.07. The second kappa shape index (κ2) is 5.53. The maximum atomic E-state index is 4.60. The molecule has 23 heavy (non-hydrogen) atoms. The summed E-state index contributed by atoms with van der Waals surface area (Å²) in [6, 6.07) is 8.26. The van der Waals surface area contributed by atoms with E-state index in [4.69, 9.17) is 0 Å². The molecule has 0 atom stereocenters. The summed E-state index contributed by atoms with van der Waals surface area (Å²) in [6.07, 6.45) is 3.75. The molecule has 1 fully saturated rings. The number of aromatic nitrogens is 4. The van der Waals surface area contributed by atoms with E-state index in [-0.39, 0.29) is 0 Å². The lowest BCUT2D eigenvalue weighted by atomic mass is 10.2. The zero-order valence-electron chi connectivity index (χ0n) is 13.5. The number of aryl methyl sites for hydroxylation is 2. The van der Waals surface area contributed by atoms with E-state index in [9.17, 15) is 0 Å². The quantitative estimate of drug-likeness (QED) is 0.725. The van der Waals surface area contributed by atoms with Gasteiger partial charge in [-0.2, -0.15) is 9.61 Å². The number of hydrogen-bond donors (Lipinski definition) is 0. The number of nitrogens with zero attached hydrogens (tertiary/aromatic N) is 6. The molecule has 0 radical (unpaired) electrons. The minimum absolute atomic E-state index is 0.923. The minimum Gasteiger partial charge on any atom is -0.367 e. The van der Waals surface area contributed by atoms with Crippen LogP contribution < -0.4 is 9.80 Å². The van der Waals surface area contributed by atoms with Gasteiger partial charge in [-0.25, -0.2) is 4.98 Å². The van der Waals surface area contributed by atoms with E-state index in [1.54, 1.807) is 0 Å². The van der Waals surface area contributed by atoms with Crippen molar-refractivity contribution >= 4 is 17.2 Å². The lowest BCUT2D eigenvalue weighted by molar-refractivity contribution is 0.637. The molecule has 6 nitrogen and oxygen atoms in total. The Morgan fingerprint density at radius 1 is 0.957 bits per heavy atom. The summed E-state index contributed by atoms with van der Waals surface area (Å²) in [5.41, 5.74) is 4.14. The summed E-state index contributed by atoms with van der Waals surface area (Å²) in [7, 11) is 0. The van der Waals surface area contributed by atoms with Crippen LogP contribution in [0.5, 0.6) is 0 Å². The zero-order valence-corrected chi connectivity index (χ0v) is 13.5. The fraction of sp³-hybridized carbons (Fsp3) is 0.353. The SMILES string of the molecule is Cc1cc(N2CCN(c3cccnc3)CC2)n2nc(C)cc2n1. The Morgan fingerprint density at radius 3 is 2.48 bits per heavy atom. The molecule has 0 aliphatic carbocycles. The number of anilines is 2. The van der Waals surface area contributed by atoms with Gasteiger partial charge < -0.3 is 9.80 Å². The van der Waals surface area contributed by atoms with Gasteiger partial charge in [-0.1, -0.05) is 0 Å². The normalized spacial score (nSPS) is 15.4. The summed E-state index contributed by atoms with van der Waals surface area (Å²) in [6.45, 7) is 7.94. The van der Waals surface area contributed by atoms with E-state index in [2.05, 4.69) is 37.0 Å². The number of pyridine rings is 1. The lowest BCUT2D eigenvalue weighted by Gasteiger charge is -2.37. The standard InChI is InChI=1S/C17H20N6/c1-13-11-17(23-16(19-13)10-14(2)20-23)22-8-6-21(7-9-22)15-4-3-5-18-12-15/h3-5,10-12H,6-9H2,1-2H3. The molecule has 3 aromatic heterocycles. The monoisotopic (exact) mass is 308 g/mol. The van der Waals surface area contributed by atoms with Crippen molar-refractivity contribution in [2.24, 2.45) is 0 Å². The maximum absolute atomic E-state index is 4.60. The van der Waals surface area contributed by atoms with Gasteiger partial charge in [0.15, 0.2) is 5.65 Å². The third-order valence-corrected chi connectivity index (χ3v) is 4.27. The van der Waals surface area contributed by atoms with Crippen LogP contribution in [0.4, 0.5) is 11.5 Å². The summed E-state index contributed by atoms with van der Waals surface area (Å²) in [5.74, 6) is 1.13. The highest BCUT2D eigenvalue weighted by molar-refractivity contribution is 5.53. The molecule has 1 aliphatic heterocycles. The summed E-state index contributed by atoms with van der Waals surface area (Å²) < 4.78 is 1.96. The van der Waals surface area contributed by atoms with Gasteiger partial charge in [0, 0.05) is 50.2 Å². The van der Waals surface area contributed by atoms with Crippen LogP contribution in [-0.2, 0) is 0 Å². The average Bonchev–Trinajstić information content (AvgIpc) is 2.95. The first-order valence-corrected chi connectivity index (χ1v) is 7.95. The van der Waals surface area contributed by atoms with Crippen molar-refractivity contribution in [3.05, 3.63) is 48.0 Å². The molecule has 0 unspecified atom stereocenters. The highest BCUT2D eigenvalue weighted by atomic mass is 15.4. The minimum atomic E-state index is 0.923. The van der Waals surface area contributed by atoms with Gasteiger partial charge in [-0.05, 0) is 26.0 Å². The van der Waals surface area contributed by atoms with Crippen molar-refractivity contribution in [3.63, 3.8) is 0 Å². The average molecular weight is 308 g/mol. The Hall–Kier alpha value is -2.63. The molecule has 4 heterocycles. The maximum Gasteiger partial charge on any atom is 0.157 e. The van der Waals surface area contributed by atoms with Crippen LogP contribution in [0.1, 0.15) is 11.4 Å². The van der Waals surface area contributed by atoms with Crippen molar-refractivity contribution in [2.45, 2.75) is 13.8 Å². The zero-order chi connectivity index (χ0) is 15.8. The first-order chi connectivity index (χ1) is 11.2. The predicted molar refractivity (Wildman–Crippen MR) is 91.1 cm³/mol. The van der Waals surface area contributed by atoms with Crippen LogP contribution in [0.2, 0.25) is 0 Å². The second-order valence-corrected chi connectivity index (χ2v) is 6.00. The van der Waals surface area contributed by atoms with Crippen molar-refractivity contribution in [2.75, 3.05) is 36.0 Å². The molecule has 1 aliphatic rings. The Labute approximate surface area is 135 Å². The van der Waals surface area contributed by atoms with Crippen LogP contribution in [0.15, 0.2) is 36.7 Å². The van der Waals surface area contributed by atoms with Crippen LogP contribution in [0, 0.1) is 13.8 Å². The van der Waals surface area contributed by atoms with Crippen LogP contribution in [0.25, 0.3) is 5.65 Å². The Bertz CT molecular complexity index is 818. The van der Waals surface area contributed by atoms with E-state index in [1.165, 1.54) is 5.69 Å². The van der Waals surface area contributed by atoms with E-state index in [0.29, 0.717) is 0 Å². The van der Waals surface area contributed by atoms with E-state index >= 15 is 0 Å². The fourth-order valence-electron chi connectivity index (χ4n) is 3.15. The van der Waals surface area contributed by atoms with Gasteiger partial charge in [0.25, 0.3) is 0 Å². The molecule has 3 aromatic rings. The molecule has 0 amide bonds. The van der Waals surface area contributed by atoms with Crippen LogP contribution in [0.3, 0.4) is 0 Å². The molecule has 1 saturated heterocycles. The highest BCUT2D eigenvalue weighted by Gasteiger charge is 2.20. The fourth-order valence-corrected chi connectivity index (χ4v) is 3.15. The number of rotatable bonds is 2. The van der Waals surface area contributed by atoms with Gasteiger partial charge in [0.2, 0.25) is 0 Å². The summed E-state index contributed by atoms with van der Waals surface area (Å²) in [5, 5.41) is 4.60. The number of piperazine rings is 1. The Kier molecular flexibility index (Phi) is 3.37. The van der Waals surface area contributed by atoms with Gasteiger partial charge in [0.05, 0.1) is 17.6 Å². The van der Waals surface area contributed by atoms with Gasteiger partial charge in [-0.15, -0.1) is 0 Å². The van der Waals surface area contributed by atoms with Gasteiger partial charge in [-0.3, -0.25) is 4.98 Å². The van der Waals surface area contributed by atoms with Crippen molar-refractivity contribution < 1.29 is 0 Å². The van der Waals surface area contributed by atoms with E-state index < -0.39 is 0 Å². The molecule has 6 heteroatoms. The number of fused-ring (bicyclic) bond motifs is 1. The Morgan fingerprint density at radius 2 is 1.74 bits per heavy atom.